The number of nitrogens with two attached hydrogens (primary N) is 1. The maximum absolute atomic E-state index is 11.6. The van der Waals surface area contributed by atoms with Crippen molar-refractivity contribution >= 4 is 11.8 Å². The molecule has 16 heavy (non-hydrogen) atoms. The van der Waals surface area contributed by atoms with E-state index in [0.717, 1.165) is 0 Å². The van der Waals surface area contributed by atoms with Gasteiger partial charge >= 0.3 is 0 Å². The smallest absolute Gasteiger partial charge is 0.236 e. The Hall–Kier alpha value is -1.10. The Morgan fingerprint density at radius 1 is 1.25 bits per heavy atom. The highest BCUT2D eigenvalue weighted by molar-refractivity contribution is 5.82. The zero-order valence-electron chi connectivity index (χ0n) is 10.5. The summed E-state index contributed by atoms with van der Waals surface area (Å²) < 4.78 is 0. The van der Waals surface area contributed by atoms with Gasteiger partial charge in [0.1, 0.15) is 0 Å². The number of nitrogens with zero attached hydrogens (tertiary/aromatic N) is 1. The van der Waals surface area contributed by atoms with Crippen molar-refractivity contribution < 1.29 is 9.59 Å². The summed E-state index contributed by atoms with van der Waals surface area (Å²) in [5, 5.41) is 2.66. The van der Waals surface area contributed by atoms with E-state index in [4.69, 9.17) is 5.73 Å². The summed E-state index contributed by atoms with van der Waals surface area (Å²) in [4.78, 5) is 24.6. The predicted molar refractivity (Wildman–Crippen MR) is 63.8 cm³/mol. The highest BCUT2D eigenvalue weighted by Crippen LogP contribution is 1.93. The fraction of sp³-hybridized carbons (Fsp3) is 0.818. The number of rotatable bonds is 7. The molecule has 3 N–H and O–H groups in total. The van der Waals surface area contributed by atoms with Crippen molar-refractivity contribution in [3.63, 3.8) is 0 Å². The highest BCUT2D eigenvalue weighted by atomic mass is 16.2. The lowest BCUT2D eigenvalue weighted by molar-refractivity contribution is -0.130. The van der Waals surface area contributed by atoms with Crippen LogP contribution < -0.4 is 11.1 Å². The highest BCUT2D eigenvalue weighted by Gasteiger charge is 2.12. The number of nitrogens with one attached hydrogen (secondary N) is 1. The van der Waals surface area contributed by atoms with E-state index in [2.05, 4.69) is 5.32 Å². The second-order valence-corrected chi connectivity index (χ2v) is 3.62. The first-order valence-electron chi connectivity index (χ1n) is 5.87. The van der Waals surface area contributed by atoms with Crippen molar-refractivity contribution in [2.45, 2.75) is 39.7 Å². The van der Waals surface area contributed by atoms with Crippen molar-refractivity contribution in [2.75, 3.05) is 19.6 Å². The quantitative estimate of drug-likeness (QED) is 0.650. The maximum Gasteiger partial charge on any atom is 0.236 e. The lowest BCUT2D eigenvalue weighted by atomic mass is 10.2. The molecule has 0 rings (SSSR count). The average Bonchev–Trinajstić information content (AvgIpc) is 2.29. The van der Waals surface area contributed by atoms with Crippen molar-refractivity contribution in [3.8, 4) is 0 Å². The first-order valence-corrected chi connectivity index (χ1v) is 5.87. The summed E-state index contributed by atoms with van der Waals surface area (Å²) >= 11 is 0. The fourth-order valence-corrected chi connectivity index (χ4v) is 1.34. The van der Waals surface area contributed by atoms with Crippen molar-refractivity contribution in [1.29, 1.82) is 0 Å². The van der Waals surface area contributed by atoms with Crippen LogP contribution in [0.15, 0.2) is 0 Å². The summed E-state index contributed by atoms with van der Waals surface area (Å²) in [6.45, 7) is 7.50. The maximum atomic E-state index is 11.6. The molecule has 0 saturated heterocycles. The molecule has 0 aromatic rings. The van der Waals surface area contributed by atoms with Crippen molar-refractivity contribution in [1.82, 2.24) is 10.2 Å². The molecule has 0 fully saturated rings. The van der Waals surface area contributed by atoms with Gasteiger partial charge < -0.3 is 16.0 Å². The van der Waals surface area contributed by atoms with E-state index in [1.54, 1.807) is 4.90 Å². The molecule has 0 saturated carbocycles. The molecule has 0 aliphatic carbocycles. The molecule has 0 aliphatic heterocycles. The minimum atomic E-state index is -0.469. The minimum absolute atomic E-state index is 0.0652. The minimum Gasteiger partial charge on any atom is -0.354 e. The first kappa shape index (κ1) is 14.9. The van der Waals surface area contributed by atoms with Gasteiger partial charge in [-0.2, -0.15) is 0 Å². The lowest BCUT2D eigenvalue weighted by Gasteiger charge is -2.18. The largest absolute Gasteiger partial charge is 0.354 e. The van der Waals surface area contributed by atoms with Crippen LogP contribution in [-0.2, 0) is 9.59 Å². The molecule has 0 bridgehead atoms. The van der Waals surface area contributed by atoms with Gasteiger partial charge in [0.05, 0.1) is 6.04 Å². The number of hydrogen-bond acceptors (Lipinski definition) is 3. The van der Waals surface area contributed by atoms with Gasteiger partial charge in [-0.15, -0.1) is 0 Å². The van der Waals surface area contributed by atoms with E-state index in [-0.39, 0.29) is 11.8 Å². The van der Waals surface area contributed by atoms with Crippen LogP contribution >= 0.6 is 0 Å². The Labute approximate surface area is 97.4 Å². The second-order valence-electron chi connectivity index (χ2n) is 3.62. The van der Waals surface area contributed by atoms with Gasteiger partial charge in [0.2, 0.25) is 11.8 Å². The molecule has 0 heterocycles. The van der Waals surface area contributed by atoms with Crippen LogP contribution in [0.25, 0.3) is 0 Å². The Kier molecular flexibility index (Phi) is 7.54. The number of amides is 2. The summed E-state index contributed by atoms with van der Waals surface area (Å²) in [7, 11) is 0. The van der Waals surface area contributed by atoms with Crippen LogP contribution in [0.5, 0.6) is 0 Å². The van der Waals surface area contributed by atoms with Gasteiger partial charge in [0.25, 0.3) is 0 Å². The standard InChI is InChI=1S/C11H23N3O2/c1-4-9(12)11(16)13-8-7-10(15)14(5-2)6-3/h9H,4-8,12H2,1-3H3,(H,13,16)/t9-/m1/s1. The Bertz CT molecular complexity index is 227. The van der Waals surface area contributed by atoms with E-state index in [1.165, 1.54) is 0 Å². The average molecular weight is 229 g/mol. The van der Waals surface area contributed by atoms with Crippen LogP contribution in [0.1, 0.15) is 33.6 Å². The van der Waals surface area contributed by atoms with E-state index in [9.17, 15) is 9.59 Å². The number of carbonyl (C=O) groups is 2. The molecule has 0 spiro atoms. The normalized spacial score (nSPS) is 12.0. The molecular weight excluding hydrogens is 206 g/mol. The number of carbonyl (C=O) groups excluding carboxylic acids is 2. The van der Waals surface area contributed by atoms with Gasteiger partial charge in [0, 0.05) is 26.1 Å². The van der Waals surface area contributed by atoms with Gasteiger partial charge in [-0.05, 0) is 20.3 Å². The summed E-state index contributed by atoms with van der Waals surface area (Å²) in [5.74, 6) is -0.120. The first-order chi connectivity index (χ1) is 7.56. The Morgan fingerprint density at radius 3 is 2.25 bits per heavy atom. The van der Waals surface area contributed by atoms with Crippen LogP contribution in [0.2, 0.25) is 0 Å². The van der Waals surface area contributed by atoms with Gasteiger partial charge in [0.15, 0.2) is 0 Å². The third-order valence-electron chi connectivity index (χ3n) is 2.53. The van der Waals surface area contributed by atoms with Crippen molar-refractivity contribution in [3.05, 3.63) is 0 Å². The number of hydrogen-bond donors (Lipinski definition) is 2. The van der Waals surface area contributed by atoms with Crippen LogP contribution in [0.3, 0.4) is 0 Å². The third kappa shape index (κ3) is 5.11. The Morgan fingerprint density at radius 2 is 1.81 bits per heavy atom. The van der Waals surface area contributed by atoms with Gasteiger partial charge in [-0.3, -0.25) is 9.59 Å². The van der Waals surface area contributed by atoms with Crippen LogP contribution in [0, 0.1) is 0 Å². The van der Waals surface area contributed by atoms with Crippen LogP contribution in [-0.4, -0.2) is 42.4 Å². The molecule has 5 heteroatoms. The topological polar surface area (TPSA) is 75.4 Å². The Balaban J connectivity index is 3.81. The zero-order valence-corrected chi connectivity index (χ0v) is 10.5. The van der Waals surface area contributed by atoms with Crippen LogP contribution in [0.4, 0.5) is 0 Å². The molecule has 0 aromatic heterocycles. The molecule has 2 amide bonds. The molecule has 1 atom stereocenters. The monoisotopic (exact) mass is 229 g/mol. The molecule has 94 valence electrons. The van der Waals surface area contributed by atoms with E-state index < -0.39 is 6.04 Å². The molecule has 0 radical (unpaired) electrons. The van der Waals surface area contributed by atoms with Crippen molar-refractivity contribution in [2.24, 2.45) is 5.73 Å². The third-order valence-corrected chi connectivity index (χ3v) is 2.53. The van der Waals surface area contributed by atoms with E-state index in [1.807, 2.05) is 20.8 Å². The molecule has 0 unspecified atom stereocenters. The molecule has 5 nitrogen and oxygen atoms in total. The summed E-state index contributed by atoms with van der Waals surface area (Å²) in [5.41, 5.74) is 5.54. The van der Waals surface area contributed by atoms with Gasteiger partial charge in [-0.25, -0.2) is 0 Å². The molecule has 0 aliphatic rings. The fourth-order valence-electron chi connectivity index (χ4n) is 1.34. The summed E-state index contributed by atoms with van der Waals surface area (Å²) in [6.07, 6.45) is 0.944. The zero-order chi connectivity index (χ0) is 12.6. The molecular formula is C11H23N3O2. The summed E-state index contributed by atoms with van der Waals surface area (Å²) in [6, 6.07) is -0.469. The SMILES string of the molecule is CC[C@@H](N)C(=O)NCCC(=O)N(CC)CC. The second kappa shape index (κ2) is 8.10. The van der Waals surface area contributed by atoms with E-state index >= 15 is 0 Å². The van der Waals surface area contributed by atoms with Gasteiger partial charge in [-0.1, -0.05) is 6.92 Å². The predicted octanol–water partition coefficient (Wildman–Crippen LogP) is 0.0984. The lowest BCUT2D eigenvalue weighted by Crippen LogP contribution is -2.41. The van der Waals surface area contributed by atoms with E-state index in [0.29, 0.717) is 32.5 Å². The molecule has 0 aromatic carbocycles.